The molecule has 0 fully saturated rings. The first-order valence-corrected chi connectivity index (χ1v) is 13.0. The number of rotatable bonds is 7. The molecule has 0 aliphatic heterocycles. The van der Waals surface area contributed by atoms with Crippen LogP contribution in [0.25, 0.3) is 0 Å². The van der Waals surface area contributed by atoms with Gasteiger partial charge in [-0.25, -0.2) is 5.01 Å². The van der Waals surface area contributed by atoms with Gasteiger partial charge in [0, 0.05) is 16.7 Å². The summed E-state index contributed by atoms with van der Waals surface area (Å²) in [7, 11) is 0. The molecule has 0 aliphatic carbocycles. The number of amides is 2. The third-order valence-electron chi connectivity index (χ3n) is 6.04. The number of aliphatic hydroxyl groups excluding tert-OH is 1. The highest BCUT2D eigenvalue weighted by Crippen LogP contribution is 2.38. The Labute approximate surface area is 227 Å². The molecule has 1 atom stereocenters. The van der Waals surface area contributed by atoms with Gasteiger partial charge in [0.05, 0.1) is 17.1 Å². The van der Waals surface area contributed by atoms with Gasteiger partial charge in [0.25, 0.3) is 11.8 Å². The Balaban J connectivity index is 2.11. The van der Waals surface area contributed by atoms with Crippen molar-refractivity contribution in [2.75, 3.05) is 13.2 Å². The number of carbonyl (C=O) groups is 2. The lowest BCUT2D eigenvalue weighted by atomic mass is 9.81. The molecule has 3 rings (SSSR count). The van der Waals surface area contributed by atoms with Crippen LogP contribution in [0, 0.1) is 26.2 Å². The topological polar surface area (TPSA) is 78.9 Å². The molecule has 37 heavy (non-hydrogen) atoms. The van der Waals surface area contributed by atoms with Crippen LogP contribution in [0.4, 0.5) is 0 Å². The second-order valence-corrected chi connectivity index (χ2v) is 11.1. The first kappa shape index (κ1) is 28.4. The van der Waals surface area contributed by atoms with E-state index >= 15 is 0 Å². The summed E-state index contributed by atoms with van der Waals surface area (Å²) in [5.41, 5.74) is 6.86. The minimum absolute atomic E-state index is 0.0991. The zero-order chi connectivity index (χ0) is 27.3. The summed E-state index contributed by atoms with van der Waals surface area (Å²) in [6, 6.07) is 18.4. The Hall–Kier alpha value is -3.16. The van der Waals surface area contributed by atoms with Crippen LogP contribution in [0.1, 0.15) is 69.8 Å². The first-order chi connectivity index (χ1) is 17.4. The van der Waals surface area contributed by atoms with Gasteiger partial charge in [0.1, 0.15) is 12.4 Å². The fourth-order valence-corrected chi connectivity index (χ4v) is 5.08. The van der Waals surface area contributed by atoms with Crippen LogP contribution in [0.15, 0.2) is 65.1 Å². The zero-order valence-electron chi connectivity index (χ0n) is 22.3. The second kappa shape index (κ2) is 11.9. The van der Waals surface area contributed by atoms with Crippen LogP contribution in [0.5, 0.6) is 5.75 Å². The van der Waals surface area contributed by atoms with E-state index in [4.69, 9.17) is 4.74 Å². The molecule has 0 bridgehead atoms. The molecule has 6 nitrogen and oxygen atoms in total. The summed E-state index contributed by atoms with van der Waals surface area (Å²) >= 11 is 3.46. The number of carbonyl (C=O) groups excluding carboxylic acids is 2. The summed E-state index contributed by atoms with van der Waals surface area (Å²) in [5, 5.41) is 10.7. The van der Waals surface area contributed by atoms with Crippen molar-refractivity contribution >= 4 is 27.7 Å². The number of hydrogen-bond acceptors (Lipinski definition) is 4. The van der Waals surface area contributed by atoms with Gasteiger partial charge in [-0.05, 0) is 71.9 Å². The summed E-state index contributed by atoms with van der Waals surface area (Å²) < 4.78 is 6.35. The van der Waals surface area contributed by atoms with E-state index in [0.29, 0.717) is 26.9 Å². The van der Waals surface area contributed by atoms with Crippen LogP contribution in [0.2, 0.25) is 0 Å². The Bertz CT molecular complexity index is 1250. The number of nitrogens with zero attached hydrogens (tertiary/aromatic N) is 1. The zero-order valence-corrected chi connectivity index (χ0v) is 23.8. The van der Waals surface area contributed by atoms with Crippen LogP contribution in [-0.2, 0) is 0 Å². The summed E-state index contributed by atoms with van der Waals surface area (Å²) in [4.78, 5) is 27.8. The molecule has 0 aromatic heterocycles. The fourth-order valence-electron chi connectivity index (χ4n) is 4.54. The normalized spacial score (nSPS) is 12.1. The average molecular weight is 568 g/mol. The van der Waals surface area contributed by atoms with Crippen LogP contribution in [0.3, 0.4) is 0 Å². The minimum Gasteiger partial charge on any atom is -0.490 e. The van der Waals surface area contributed by atoms with Crippen molar-refractivity contribution in [1.29, 1.82) is 0 Å². The van der Waals surface area contributed by atoms with E-state index < -0.39 is 17.4 Å². The van der Waals surface area contributed by atoms with Crippen molar-refractivity contribution in [3.05, 3.63) is 98.5 Å². The van der Waals surface area contributed by atoms with E-state index in [0.717, 1.165) is 16.7 Å². The summed E-state index contributed by atoms with van der Waals surface area (Å²) in [6.45, 7) is 11.8. The van der Waals surface area contributed by atoms with Crippen LogP contribution in [-0.4, -0.2) is 35.1 Å². The Morgan fingerprint density at radius 2 is 1.62 bits per heavy atom. The molecule has 1 unspecified atom stereocenters. The standard InChI is InChI=1S/C30H35BrN2O4/c1-19-16-20(2)18-23(17-19)29(36)33(27(30(4,5)6)22-10-8-7-9-11-22)32-28(35)24-12-13-25(31)26(21(24)3)37-15-14-34/h7-13,16-18,27,34H,14-15H2,1-6H3,(H,32,35). The lowest BCUT2D eigenvalue weighted by Crippen LogP contribution is -2.51. The van der Waals surface area contributed by atoms with E-state index in [2.05, 4.69) is 21.4 Å². The summed E-state index contributed by atoms with van der Waals surface area (Å²) in [5.74, 6) is -0.249. The monoisotopic (exact) mass is 566 g/mol. The number of aliphatic hydroxyl groups is 1. The third kappa shape index (κ3) is 6.79. The maximum absolute atomic E-state index is 14.1. The molecule has 2 N–H and O–H groups in total. The SMILES string of the molecule is Cc1cc(C)cc(C(=O)N(NC(=O)c2ccc(Br)c(OCCO)c2C)C(c2ccccc2)C(C)(C)C)c1. The van der Waals surface area contributed by atoms with E-state index in [-0.39, 0.29) is 19.1 Å². The highest BCUT2D eigenvalue weighted by atomic mass is 79.9. The lowest BCUT2D eigenvalue weighted by Gasteiger charge is -2.40. The highest BCUT2D eigenvalue weighted by molar-refractivity contribution is 9.10. The van der Waals surface area contributed by atoms with Crippen molar-refractivity contribution in [3.8, 4) is 5.75 Å². The van der Waals surface area contributed by atoms with Gasteiger partial charge in [0.2, 0.25) is 0 Å². The number of benzene rings is 3. The van der Waals surface area contributed by atoms with Gasteiger partial charge in [-0.15, -0.1) is 0 Å². The largest absolute Gasteiger partial charge is 0.490 e. The number of nitrogens with one attached hydrogen (secondary N) is 1. The number of hydrogen-bond donors (Lipinski definition) is 2. The number of halogens is 1. The van der Waals surface area contributed by atoms with E-state index in [1.165, 1.54) is 5.01 Å². The van der Waals surface area contributed by atoms with Crippen LogP contribution >= 0.6 is 15.9 Å². The molecule has 3 aromatic carbocycles. The molecule has 2 amide bonds. The van der Waals surface area contributed by atoms with E-state index in [1.54, 1.807) is 19.1 Å². The third-order valence-corrected chi connectivity index (χ3v) is 6.67. The lowest BCUT2D eigenvalue weighted by molar-refractivity contribution is 0.0288. The first-order valence-electron chi connectivity index (χ1n) is 12.2. The quantitative estimate of drug-likeness (QED) is 0.328. The molecule has 196 valence electrons. The van der Waals surface area contributed by atoms with Gasteiger partial charge in [-0.3, -0.25) is 15.0 Å². The predicted molar refractivity (Wildman–Crippen MR) is 150 cm³/mol. The van der Waals surface area contributed by atoms with Crippen molar-refractivity contribution in [3.63, 3.8) is 0 Å². The maximum atomic E-state index is 14.1. The minimum atomic E-state index is -0.452. The van der Waals surface area contributed by atoms with Gasteiger partial charge in [-0.2, -0.15) is 0 Å². The van der Waals surface area contributed by atoms with Gasteiger partial charge >= 0.3 is 0 Å². The number of ether oxygens (including phenoxy) is 1. The molecular formula is C30H35BrN2O4. The Kier molecular flexibility index (Phi) is 9.16. The molecule has 0 heterocycles. The molecule has 0 spiro atoms. The molecule has 0 saturated carbocycles. The molecule has 0 aliphatic rings. The smallest absolute Gasteiger partial charge is 0.272 e. The molecule has 0 radical (unpaired) electrons. The molecule has 3 aromatic rings. The van der Waals surface area contributed by atoms with Crippen molar-refractivity contribution in [2.24, 2.45) is 5.41 Å². The highest BCUT2D eigenvalue weighted by Gasteiger charge is 2.37. The van der Waals surface area contributed by atoms with Crippen molar-refractivity contribution < 1.29 is 19.4 Å². The molecular weight excluding hydrogens is 532 g/mol. The number of aryl methyl sites for hydroxylation is 2. The average Bonchev–Trinajstić information content (AvgIpc) is 2.82. The van der Waals surface area contributed by atoms with Crippen LogP contribution < -0.4 is 10.2 Å². The van der Waals surface area contributed by atoms with Gasteiger partial charge in [-0.1, -0.05) is 68.3 Å². The van der Waals surface area contributed by atoms with Crippen molar-refractivity contribution in [1.82, 2.24) is 10.4 Å². The van der Waals surface area contributed by atoms with Gasteiger partial charge < -0.3 is 9.84 Å². The number of hydrazine groups is 1. The summed E-state index contributed by atoms with van der Waals surface area (Å²) in [6.07, 6.45) is 0. The van der Waals surface area contributed by atoms with Gasteiger partial charge in [0.15, 0.2) is 0 Å². The van der Waals surface area contributed by atoms with Crippen molar-refractivity contribution in [2.45, 2.75) is 47.6 Å². The van der Waals surface area contributed by atoms with E-state index in [9.17, 15) is 14.7 Å². The predicted octanol–water partition coefficient (Wildman–Crippen LogP) is 6.32. The second-order valence-electron chi connectivity index (χ2n) is 10.3. The Morgan fingerprint density at radius 3 is 2.19 bits per heavy atom. The fraction of sp³-hybridized carbons (Fsp3) is 0.333. The maximum Gasteiger partial charge on any atom is 0.272 e. The molecule has 0 saturated heterocycles. The van der Waals surface area contributed by atoms with E-state index in [1.807, 2.05) is 83.1 Å². The Morgan fingerprint density at radius 1 is 1.00 bits per heavy atom. The molecule has 7 heteroatoms.